The number of fused-ring (bicyclic) bond motifs is 1. The maximum Gasteiger partial charge on any atom is 0.185 e. The van der Waals surface area contributed by atoms with Crippen molar-refractivity contribution in [2.24, 2.45) is 5.73 Å². The quantitative estimate of drug-likeness (QED) is 0.912. The van der Waals surface area contributed by atoms with Crippen LogP contribution in [0.1, 0.15) is 50.6 Å². The summed E-state index contributed by atoms with van der Waals surface area (Å²) in [6, 6.07) is 0.732. The molecule has 3 heterocycles. The molecule has 4 nitrogen and oxygen atoms in total. The van der Waals surface area contributed by atoms with Crippen molar-refractivity contribution in [1.29, 1.82) is 0 Å². The zero-order valence-corrected chi connectivity index (χ0v) is 14.4. The molecule has 5 heteroatoms. The van der Waals surface area contributed by atoms with E-state index in [0.29, 0.717) is 6.54 Å². The molecule has 2 N–H and O–H groups in total. The van der Waals surface area contributed by atoms with Crippen LogP contribution in [0.4, 0.5) is 5.13 Å². The summed E-state index contributed by atoms with van der Waals surface area (Å²) < 4.78 is 0. The van der Waals surface area contributed by atoms with Gasteiger partial charge in [0, 0.05) is 42.5 Å². The fourth-order valence-electron chi connectivity index (χ4n) is 3.58. The molecule has 1 aromatic heterocycles. The van der Waals surface area contributed by atoms with E-state index in [1.807, 2.05) is 11.3 Å². The van der Waals surface area contributed by atoms with Gasteiger partial charge in [-0.3, -0.25) is 4.90 Å². The lowest BCUT2D eigenvalue weighted by atomic mass is 9.91. The average Bonchev–Trinajstić information content (AvgIpc) is 3.00. The van der Waals surface area contributed by atoms with Crippen molar-refractivity contribution in [2.45, 2.75) is 58.0 Å². The highest BCUT2D eigenvalue weighted by atomic mass is 32.1. The molecule has 0 saturated carbocycles. The van der Waals surface area contributed by atoms with Gasteiger partial charge in [0.1, 0.15) is 0 Å². The Bertz CT molecular complexity index is 491. The molecule has 1 unspecified atom stereocenters. The van der Waals surface area contributed by atoms with Gasteiger partial charge in [0.15, 0.2) is 5.13 Å². The van der Waals surface area contributed by atoms with Crippen LogP contribution in [0.3, 0.4) is 0 Å². The zero-order valence-electron chi connectivity index (χ0n) is 13.6. The van der Waals surface area contributed by atoms with Crippen LogP contribution < -0.4 is 10.6 Å². The Hall–Kier alpha value is -0.650. The van der Waals surface area contributed by atoms with Gasteiger partial charge in [-0.2, -0.15) is 0 Å². The van der Waals surface area contributed by atoms with E-state index in [-0.39, 0.29) is 5.41 Å². The molecular formula is C16H28N4S. The molecule has 0 spiro atoms. The van der Waals surface area contributed by atoms with Crippen LogP contribution in [0.25, 0.3) is 0 Å². The maximum absolute atomic E-state index is 5.95. The van der Waals surface area contributed by atoms with Crippen LogP contribution in [0, 0.1) is 0 Å². The lowest BCUT2D eigenvalue weighted by Crippen LogP contribution is -2.36. The minimum Gasteiger partial charge on any atom is -0.346 e. The molecule has 0 radical (unpaired) electrons. The zero-order chi connectivity index (χ0) is 15.0. The molecule has 1 aromatic rings. The van der Waals surface area contributed by atoms with Crippen molar-refractivity contribution < 1.29 is 0 Å². The number of aromatic nitrogens is 1. The molecular weight excluding hydrogens is 280 g/mol. The lowest BCUT2D eigenvalue weighted by molar-refractivity contribution is 0.273. The summed E-state index contributed by atoms with van der Waals surface area (Å²) in [4.78, 5) is 11.4. The summed E-state index contributed by atoms with van der Waals surface area (Å²) in [5.74, 6) is 0. The summed E-state index contributed by atoms with van der Waals surface area (Å²) in [7, 11) is 0. The molecule has 21 heavy (non-hydrogen) atoms. The first-order valence-electron chi connectivity index (χ1n) is 8.18. The Morgan fingerprint density at radius 3 is 2.67 bits per heavy atom. The van der Waals surface area contributed by atoms with Gasteiger partial charge in [-0.1, -0.05) is 20.8 Å². The Morgan fingerprint density at radius 1 is 1.24 bits per heavy atom. The van der Waals surface area contributed by atoms with E-state index in [1.54, 1.807) is 0 Å². The summed E-state index contributed by atoms with van der Waals surface area (Å²) in [5, 5.41) is 1.19. The number of thiazole rings is 1. The highest BCUT2D eigenvalue weighted by molar-refractivity contribution is 7.15. The Balaban J connectivity index is 1.84. The number of rotatable bonds is 2. The smallest absolute Gasteiger partial charge is 0.185 e. The average molecular weight is 308 g/mol. The van der Waals surface area contributed by atoms with E-state index in [1.165, 1.54) is 48.1 Å². The second-order valence-electron chi connectivity index (χ2n) is 7.35. The van der Waals surface area contributed by atoms with Crippen molar-refractivity contribution in [3.63, 3.8) is 0 Å². The van der Waals surface area contributed by atoms with Gasteiger partial charge < -0.3 is 10.6 Å². The number of nitrogens with two attached hydrogens (primary N) is 1. The van der Waals surface area contributed by atoms with E-state index in [0.717, 1.165) is 19.1 Å². The Morgan fingerprint density at radius 2 is 2.00 bits per heavy atom. The molecule has 2 saturated heterocycles. The molecule has 0 bridgehead atoms. The predicted octanol–water partition coefficient (Wildman–Crippen LogP) is 2.57. The van der Waals surface area contributed by atoms with Crippen LogP contribution in [0.2, 0.25) is 0 Å². The molecule has 0 aliphatic carbocycles. The summed E-state index contributed by atoms with van der Waals surface area (Å²) >= 11 is 1.81. The molecule has 2 aliphatic rings. The SMILES string of the molecule is CC(C)(C)c1nc(N2CCCN3CCCC3C2)sc1CN. The molecule has 118 valence electrons. The third-order valence-corrected chi connectivity index (χ3v) is 5.79. The standard InChI is InChI=1S/C16H28N4S/c1-16(2,3)14-13(10-17)21-15(18-14)20-9-5-8-19-7-4-6-12(19)11-20/h12H,4-11,17H2,1-3H3. The third-order valence-electron chi connectivity index (χ3n) is 4.66. The van der Waals surface area contributed by atoms with Crippen LogP contribution in [-0.4, -0.2) is 42.1 Å². The Kier molecular flexibility index (Phi) is 4.26. The first-order chi connectivity index (χ1) is 9.99. The molecule has 3 rings (SSSR count). The number of nitrogens with zero attached hydrogens (tertiary/aromatic N) is 3. The molecule has 2 fully saturated rings. The Labute approximate surface area is 132 Å². The minimum atomic E-state index is 0.0781. The fraction of sp³-hybridized carbons (Fsp3) is 0.812. The molecule has 1 atom stereocenters. The fourth-order valence-corrected chi connectivity index (χ4v) is 4.76. The van der Waals surface area contributed by atoms with Gasteiger partial charge in [0.25, 0.3) is 0 Å². The summed E-state index contributed by atoms with van der Waals surface area (Å²) in [5.41, 5.74) is 7.22. The lowest BCUT2D eigenvalue weighted by Gasteiger charge is -2.25. The van der Waals surface area contributed by atoms with Crippen LogP contribution >= 0.6 is 11.3 Å². The second-order valence-corrected chi connectivity index (χ2v) is 8.42. The van der Waals surface area contributed by atoms with E-state index in [4.69, 9.17) is 10.7 Å². The maximum atomic E-state index is 5.95. The largest absolute Gasteiger partial charge is 0.346 e. The van der Waals surface area contributed by atoms with E-state index < -0.39 is 0 Å². The number of hydrogen-bond acceptors (Lipinski definition) is 5. The van der Waals surface area contributed by atoms with Crippen molar-refractivity contribution in [3.05, 3.63) is 10.6 Å². The van der Waals surface area contributed by atoms with Crippen molar-refractivity contribution in [1.82, 2.24) is 9.88 Å². The summed E-state index contributed by atoms with van der Waals surface area (Å²) in [6.45, 7) is 12.1. The predicted molar refractivity (Wildman–Crippen MR) is 90.1 cm³/mol. The number of anilines is 1. The van der Waals surface area contributed by atoms with E-state index in [2.05, 4.69) is 30.6 Å². The van der Waals surface area contributed by atoms with Gasteiger partial charge in [-0.25, -0.2) is 4.98 Å². The second kappa shape index (κ2) is 5.86. The summed E-state index contributed by atoms with van der Waals surface area (Å²) in [6.07, 6.45) is 3.95. The van der Waals surface area contributed by atoms with Crippen LogP contribution in [-0.2, 0) is 12.0 Å². The van der Waals surface area contributed by atoms with E-state index >= 15 is 0 Å². The topological polar surface area (TPSA) is 45.4 Å². The van der Waals surface area contributed by atoms with Crippen molar-refractivity contribution in [3.8, 4) is 0 Å². The normalized spacial score (nSPS) is 24.2. The van der Waals surface area contributed by atoms with Crippen molar-refractivity contribution >= 4 is 16.5 Å². The van der Waals surface area contributed by atoms with Gasteiger partial charge in [-0.05, 0) is 25.8 Å². The van der Waals surface area contributed by atoms with E-state index in [9.17, 15) is 0 Å². The van der Waals surface area contributed by atoms with Gasteiger partial charge >= 0.3 is 0 Å². The molecule has 0 amide bonds. The van der Waals surface area contributed by atoms with Gasteiger partial charge in [-0.15, -0.1) is 11.3 Å². The highest BCUT2D eigenvalue weighted by Crippen LogP contribution is 2.35. The van der Waals surface area contributed by atoms with Gasteiger partial charge in [0.2, 0.25) is 0 Å². The monoisotopic (exact) mass is 308 g/mol. The minimum absolute atomic E-state index is 0.0781. The first-order valence-corrected chi connectivity index (χ1v) is 9.00. The highest BCUT2D eigenvalue weighted by Gasteiger charge is 2.31. The molecule has 0 aromatic carbocycles. The van der Waals surface area contributed by atoms with Crippen LogP contribution in [0.15, 0.2) is 0 Å². The molecule has 2 aliphatic heterocycles. The first kappa shape index (κ1) is 15.3. The number of hydrogen-bond donors (Lipinski definition) is 1. The van der Waals surface area contributed by atoms with Gasteiger partial charge in [0.05, 0.1) is 5.69 Å². The third kappa shape index (κ3) is 3.10. The van der Waals surface area contributed by atoms with Crippen molar-refractivity contribution in [2.75, 3.05) is 31.1 Å². The van der Waals surface area contributed by atoms with Crippen LogP contribution in [0.5, 0.6) is 0 Å².